The molecular formula is C27H21ClN2O4S2. The Morgan fingerprint density at radius 1 is 1.06 bits per heavy atom. The van der Waals surface area contributed by atoms with Crippen molar-refractivity contribution in [1.29, 1.82) is 0 Å². The van der Waals surface area contributed by atoms with Gasteiger partial charge in [0.25, 0.3) is 0 Å². The number of thiol groups is 1. The van der Waals surface area contributed by atoms with Gasteiger partial charge in [-0.05, 0) is 52.2 Å². The molecule has 0 N–H and O–H groups in total. The minimum absolute atomic E-state index is 0.0233. The Bertz CT molecular complexity index is 1430. The van der Waals surface area contributed by atoms with Crippen molar-refractivity contribution in [1.82, 2.24) is 9.29 Å². The molecule has 4 aromatic rings. The largest absolute Gasteiger partial charge is 0.497 e. The minimum Gasteiger partial charge on any atom is -0.497 e. The van der Waals surface area contributed by atoms with E-state index in [2.05, 4.69) is 12.8 Å². The zero-order valence-corrected chi connectivity index (χ0v) is 21.6. The number of thiophene rings is 1. The van der Waals surface area contributed by atoms with Crippen LogP contribution in [0.2, 0.25) is 5.02 Å². The van der Waals surface area contributed by atoms with E-state index in [1.165, 1.54) is 15.6 Å². The lowest BCUT2D eigenvalue weighted by Crippen LogP contribution is -2.54. The van der Waals surface area contributed by atoms with Gasteiger partial charge in [0.2, 0.25) is 11.8 Å². The van der Waals surface area contributed by atoms with Crippen molar-refractivity contribution in [2.45, 2.75) is 17.9 Å². The molecule has 1 saturated heterocycles. The third-order valence-corrected chi connectivity index (χ3v) is 7.76. The fourth-order valence-electron chi connectivity index (χ4n) is 4.45. The number of Topliss-reactive ketones (excluding diaryl/α,β-unsaturated/α-hetero) is 1. The van der Waals surface area contributed by atoms with Gasteiger partial charge in [0, 0.05) is 23.6 Å². The first-order chi connectivity index (χ1) is 17.4. The first kappa shape index (κ1) is 24.4. The second-order valence-electron chi connectivity index (χ2n) is 8.26. The number of rotatable bonds is 6. The molecule has 0 bridgehead atoms. The fourth-order valence-corrected chi connectivity index (χ4v) is 5.82. The number of nitrogens with zero attached hydrogens (tertiary/aromatic N) is 2. The van der Waals surface area contributed by atoms with E-state index >= 15 is 0 Å². The molecule has 3 heterocycles. The van der Waals surface area contributed by atoms with Gasteiger partial charge in [0.05, 0.1) is 12.8 Å². The first-order valence-corrected chi connectivity index (χ1v) is 12.8. The number of hydrogen-bond donors (Lipinski definition) is 1. The summed E-state index contributed by atoms with van der Waals surface area (Å²) in [4.78, 5) is 32.1. The maximum Gasteiger partial charge on any atom is 0.248 e. The van der Waals surface area contributed by atoms with Crippen LogP contribution in [0.1, 0.15) is 29.2 Å². The number of carbonyl (C=O) groups excluding carboxylic acids is 2. The molecule has 0 aliphatic carbocycles. The molecule has 2 unspecified atom stereocenters. The van der Waals surface area contributed by atoms with E-state index in [0.29, 0.717) is 33.7 Å². The van der Waals surface area contributed by atoms with Crippen LogP contribution < -0.4 is 9.47 Å². The molecule has 0 radical (unpaired) electrons. The predicted molar refractivity (Wildman–Crippen MR) is 142 cm³/mol. The summed E-state index contributed by atoms with van der Waals surface area (Å²) >= 11 is 12.5. The number of carbonyl (C=O) groups is 2. The van der Waals surface area contributed by atoms with E-state index < -0.39 is 17.4 Å². The van der Waals surface area contributed by atoms with E-state index in [0.717, 1.165) is 5.56 Å². The Morgan fingerprint density at radius 2 is 1.83 bits per heavy atom. The van der Waals surface area contributed by atoms with Gasteiger partial charge in [-0.3, -0.25) is 13.9 Å². The Hall–Kier alpha value is -3.33. The summed E-state index contributed by atoms with van der Waals surface area (Å²) in [6.45, 7) is 0. The van der Waals surface area contributed by atoms with Crippen molar-refractivity contribution in [3.63, 3.8) is 0 Å². The van der Waals surface area contributed by atoms with Crippen molar-refractivity contribution in [3.8, 4) is 17.4 Å². The Morgan fingerprint density at radius 3 is 2.58 bits per heavy atom. The highest BCUT2D eigenvalue weighted by Gasteiger charge is 2.53. The number of methoxy groups -OCH3 is 1. The van der Waals surface area contributed by atoms with E-state index in [-0.39, 0.29) is 12.2 Å². The summed E-state index contributed by atoms with van der Waals surface area (Å²) < 4.78 is 12.6. The molecule has 1 aliphatic rings. The van der Waals surface area contributed by atoms with Gasteiger partial charge >= 0.3 is 0 Å². The predicted octanol–water partition coefficient (Wildman–Crippen LogP) is 6.27. The smallest absolute Gasteiger partial charge is 0.248 e. The van der Waals surface area contributed by atoms with Crippen LogP contribution in [-0.4, -0.2) is 28.1 Å². The molecule has 2 aromatic carbocycles. The number of piperidine rings is 1. The van der Waals surface area contributed by atoms with Crippen molar-refractivity contribution < 1.29 is 19.1 Å². The lowest BCUT2D eigenvalue weighted by Gasteiger charge is -2.45. The van der Waals surface area contributed by atoms with E-state index in [1.807, 2.05) is 29.0 Å². The molecule has 36 heavy (non-hydrogen) atoms. The van der Waals surface area contributed by atoms with Crippen molar-refractivity contribution in [2.24, 2.45) is 0 Å². The zero-order chi connectivity index (χ0) is 25.3. The van der Waals surface area contributed by atoms with E-state index in [9.17, 15) is 9.59 Å². The molecule has 9 heteroatoms. The highest BCUT2D eigenvalue weighted by atomic mass is 35.5. The number of benzene rings is 2. The number of ether oxygens (including phenoxy) is 2. The standard InChI is InChI=1S/C27H21ClN2O4S2/c1-33-18-6-4-7-19(14-18)34-24-11-5-10-23(29-24)27(17-12-13-36-16-17)15-22(31)25(26(32)30(27)35)20-8-2-3-9-21(20)28/h2-14,16,25,35H,15H2,1H3. The fraction of sp³-hybridized carbons (Fsp3) is 0.148. The van der Waals surface area contributed by atoms with E-state index in [1.54, 1.807) is 61.7 Å². The second kappa shape index (κ2) is 9.97. The summed E-state index contributed by atoms with van der Waals surface area (Å²) in [7, 11) is 1.58. The van der Waals surface area contributed by atoms with Gasteiger partial charge in [0.1, 0.15) is 23.0 Å². The third-order valence-electron chi connectivity index (χ3n) is 6.20. The third kappa shape index (κ3) is 4.25. The average molecular weight is 537 g/mol. The maximum absolute atomic E-state index is 13.7. The van der Waals surface area contributed by atoms with Gasteiger partial charge < -0.3 is 9.47 Å². The Kier molecular flexibility index (Phi) is 6.75. The summed E-state index contributed by atoms with van der Waals surface area (Å²) in [5.41, 5.74) is 0.460. The van der Waals surface area contributed by atoms with Crippen LogP contribution in [0.3, 0.4) is 0 Å². The monoisotopic (exact) mass is 536 g/mol. The number of aromatic nitrogens is 1. The van der Waals surface area contributed by atoms with E-state index in [4.69, 9.17) is 26.1 Å². The van der Waals surface area contributed by atoms with Crippen LogP contribution >= 0.6 is 35.8 Å². The van der Waals surface area contributed by atoms with Crippen LogP contribution in [0, 0.1) is 0 Å². The average Bonchev–Trinajstić information content (AvgIpc) is 3.43. The van der Waals surface area contributed by atoms with Crippen molar-refractivity contribution in [2.75, 3.05) is 7.11 Å². The summed E-state index contributed by atoms with van der Waals surface area (Å²) in [6.07, 6.45) is -0.0233. The first-order valence-electron chi connectivity index (χ1n) is 11.1. The number of ketones is 1. The normalized spacial score (nSPS) is 19.9. The molecule has 0 spiro atoms. The molecule has 1 amide bonds. The molecule has 1 aliphatic heterocycles. The van der Waals surface area contributed by atoms with Crippen LogP contribution in [0.15, 0.2) is 83.6 Å². The highest BCUT2D eigenvalue weighted by molar-refractivity contribution is 7.78. The Balaban J connectivity index is 1.57. The topological polar surface area (TPSA) is 68.7 Å². The van der Waals surface area contributed by atoms with Crippen molar-refractivity contribution >= 4 is 47.4 Å². The SMILES string of the molecule is COc1cccc(Oc2cccc(C3(c4ccsc4)CC(=O)C(c4ccccc4Cl)C(=O)N3S)n2)c1. The quantitative estimate of drug-likeness (QED) is 0.232. The van der Waals surface area contributed by atoms with Crippen LogP contribution in [0.4, 0.5) is 0 Å². The van der Waals surface area contributed by atoms with Gasteiger partial charge in [-0.1, -0.05) is 54.7 Å². The van der Waals surface area contributed by atoms with Crippen LogP contribution in [-0.2, 0) is 15.1 Å². The van der Waals surface area contributed by atoms with Gasteiger partial charge in [-0.2, -0.15) is 11.3 Å². The molecule has 2 aromatic heterocycles. The molecule has 182 valence electrons. The zero-order valence-electron chi connectivity index (χ0n) is 19.1. The highest BCUT2D eigenvalue weighted by Crippen LogP contribution is 2.48. The Labute approximate surface area is 223 Å². The lowest BCUT2D eigenvalue weighted by molar-refractivity contribution is -0.142. The molecular weight excluding hydrogens is 516 g/mol. The molecule has 2 atom stereocenters. The maximum atomic E-state index is 13.7. The lowest BCUT2D eigenvalue weighted by atomic mass is 9.75. The summed E-state index contributed by atoms with van der Waals surface area (Å²) in [5, 5.41) is 4.15. The number of hydrogen-bond acceptors (Lipinski definition) is 7. The van der Waals surface area contributed by atoms with Gasteiger partial charge in [-0.15, -0.1) is 0 Å². The second-order valence-corrected chi connectivity index (χ2v) is 9.85. The van der Waals surface area contributed by atoms with Crippen molar-refractivity contribution in [3.05, 3.63) is 105 Å². The molecule has 0 saturated carbocycles. The molecule has 5 rings (SSSR count). The number of pyridine rings is 1. The number of halogens is 1. The van der Waals surface area contributed by atoms with Crippen LogP contribution in [0.25, 0.3) is 0 Å². The summed E-state index contributed by atoms with van der Waals surface area (Å²) in [5.74, 6) is -0.264. The summed E-state index contributed by atoms with van der Waals surface area (Å²) in [6, 6.07) is 21.2. The van der Waals surface area contributed by atoms with Gasteiger partial charge in [0.15, 0.2) is 5.78 Å². The van der Waals surface area contributed by atoms with Gasteiger partial charge in [-0.25, -0.2) is 4.98 Å². The molecule has 1 fully saturated rings. The van der Waals surface area contributed by atoms with Crippen LogP contribution in [0.5, 0.6) is 17.4 Å². The number of amides is 1. The minimum atomic E-state index is -1.22. The molecule has 6 nitrogen and oxygen atoms in total.